The molecule has 2 aromatic heterocycles. The number of carboxylic acids is 1. The zero-order chi connectivity index (χ0) is 28.5. The van der Waals surface area contributed by atoms with Crippen molar-refractivity contribution >= 4 is 17.5 Å². The quantitative estimate of drug-likeness (QED) is 0.157. The molecule has 0 amide bonds. The molecule has 0 fully saturated rings. The molecule has 1 atom stereocenters. The van der Waals surface area contributed by atoms with E-state index in [4.69, 9.17) is 25.8 Å². The molecule has 0 saturated heterocycles. The zero-order valence-corrected chi connectivity index (χ0v) is 21.0. The fourth-order valence-corrected chi connectivity index (χ4v) is 3.44. The molecule has 39 heavy (non-hydrogen) atoms. The predicted molar refractivity (Wildman–Crippen MR) is 139 cm³/mol. The second-order valence-electron chi connectivity index (χ2n) is 8.07. The van der Waals surface area contributed by atoms with Crippen LogP contribution in [0.25, 0.3) is 5.95 Å². The number of ether oxygens (including phenoxy) is 1. The van der Waals surface area contributed by atoms with Crippen LogP contribution in [0.1, 0.15) is 35.5 Å². The van der Waals surface area contributed by atoms with E-state index in [0.717, 1.165) is 11.6 Å². The summed E-state index contributed by atoms with van der Waals surface area (Å²) in [7, 11) is 0. The molecule has 2 aromatic carbocycles. The third-order valence-corrected chi connectivity index (χ3v) is 5.01. The summed E-state index contributed by atoms with van der Waals surface area (Å²) in [5.74, 6) is -1.66. The highest BCUT2D eigenvalue weighted by Crippen LogP contribution is 2.32. The molecule has 14 heteroatoms. The van der Waals surface area contributed by atoms with Crippen molar-refractivity contribution in [2.75, 3.05) is 18.6 Å². The topological polar surface area (TPSA) is 185 Å². The van der Waals surface area contributed by atoms with E-state index >= 15 is 4.39 Å². The molecular formula is C25H26F2N8O4. The second-order valence-corrected chi connectivity index (χ2v) is 8.07. The van der Waals surface area contributed by atoms with Gasteiger partial charge < -0.3 is 20.9 Å². The molecule has 0 saturated carbocycles. The number of anilines is 1. The molecule has 0 aliphatic heterocycles. The van der Waals surface area contributed by atoms with E-state index in [-0.39, 0.29) is 35.5 Å². The van der Waals surface area contributed by atoms with Crippen LogP contribution in [0, 0.1) is 18.2 Å². The lowest BCUT2D eigenvalue weighted by Gasteiger charge is -2.21. The number of rotatable bonds is 9. The van der Waals surface area contributed by atoms with Gasteiger partial charge in [-0.2, -0.15) is 0 Å². The van der Waals surface area contributed by atoms with E-state index in [1.54, 1.807) is 43.3 Å². The van der Waals surface area contributed by atoms with Crippen LogP contribution in [-0.2, 0) is 4.79 Å². The van der Waals surface area contributed by atoms with Crippen LogP contribution in [0.5, 0.6) is 5.75 Å². The number of alkyl halides is 1. The molecule has 204 valence electrons. The molecule has 0 bridgehead atoms. The SMILES string of the molecule is CC(=O)O.Cc1cc(OCCF)c(F)c(C(Nc2ccc(C(=N)N)cc2)c2nn(-c3ncccn3)c(=O)[nH]2)c1. The lowest BCUT2D eigenvalue weighted by atomic mass is 10.0. The lowest BCUT2D eigenvalue weighted by Crippen LogP contribution is -2.18. The van der Waals surface area contributed by atoms with Crippen LogP contribution in [-0.4, -0.2) is 54.9 Å². The first-order valence-electron chi connectivity index (χ1n) is 11.5. The number of carbonyl (C=O) groups is 1. The number of carboxylic acid groups (broad SMARTS) is 1. The van der Waals surface area contributed by atoms with Crippen molar-refractivity contribution < 1.29 is 23.4 Å². The van der Waals surface area contributed by atoms with E-state index in [9.17, 15) is 9.18 Å². The average molecular weight is 541 g/mol. The van der Waals surface area contributed by atoms with Crippen LogP contribution >= 0.6 is 0 Å². The Bertz CT molecular complexity index is 1490. The molecule has 4 rings (SSSR count). The summed E-state index contributed by atoms with van der Waals surface area (Å²) >= 11 is 0. The number of nitrogens with zero attached hydrogens (tertiary/aromatic N) is 4. The number of hydrogen-bond acceptors (Lipinski definition) is 8. The molecule has 12 nitrogen and oxygen atoms in total. The molecule has 4 aromatic rings. The smallest absolute Gasteiger partial charge is 0.350 e. The van der Waals surface area contributed by atoms with E-state index < -0.39 is 30.2 Å². The first-order chi connectivity index (χ1) is 18.6. The van der Waals surface area contributed by atoms with E-state index in [0.29, 0.717) is 16.8 Å². The fraction of sp³-hybridized carbons (Fsp3) is 0.200. The third-order valence-electron chi connectivity index (χ3n) is 5.01. The van der Waals surface area contributed by atoms with Gasteiger partial charge in [0.25, 0.3) is 11.9 Å². The number of aromatic nitrogens is 5. The third kappa shape index (κ3) is 7.44. The van der Waals surface area contributed by atoms with Gasteiger partial charge in [-0.3, -0.25) is 15.2 Å². The van der Waals surface area contributed by atoms with Gasteiger partial charge >= 0.3 is 5.69 Å². The number of aromatic amines is 1. The number of nitrogens with one attached hydrogen (secondary N) is 3. The number of nitrogens with two attached hydrogens (primary N) is 1. The van der Waals surface area contributed by atoms with Gasteiger partial charge in [-0.15, -0.1) is 9.78 Å². The zero-order valence-electron chi connectivity index (χ0n) is 21.0. The van der Waals surface area contributed by atoms with Crippen molar-refractivity contribution in [1.82, 2.24) is 24.7 Å². The minimum Gasteiger partial charge on any atom is -0.488 e. The Labute approximate surface area is 221 Å². The first-order valence-corrected chi connectivity index (χ1v) is 11.5. The molecule has 0 spiro atoms. The number of aliphatic carboxylic acids is 1. The molecule has 1 unspecified atom stereocenters. The normalized spacial score (nSPS) is 11.2. The van der Waals surface area contributed by atoms with Gasteiger partial charge in [-0.25, -0.2) is 23.5 Å². The highest BCUT2D eigenvalue weighted by molar-refractivity contribution is 5.95. The van der Waals surface area contributed by atoms with Crippen molar-refractivity contribution in [2.24, 2.45) is 5.73 Å². The summed E-state index contributed by atoms with van der Waals surface area (Å²) < 4.78 is 34.4. The van der Waals surface area contributed by atoms with Crippen LogP contribution in [0.4, 0.5) is 14.5 Å². The number of aryl methyl sites for hydroxylation is 1. The van der Waals surface area contributed by atoms with Gasteiger partial charge in [0, 0.05) is 36.1 Å². The number of amidine groups is 1. The summed E-state index contributed by atoms with van der Waals surface area (Å²) in [5.41, 5.74) is 6.72. The van der Waals surface area contributed by atoms with Crippen molar-refractivity contribution in [3.63, 3.8) is 0 Å². The molecular weight excluding hydrogens is 514 g/mol. The van der Waals surface area contributed by atoms with Gasteiger partial charge in [0.1, 0.15) is 25.2 Å². The highest BCUT2D eigenvalue weighted by atomic mass is 19.1. The van der Waals surface area contributed by atoms with Crippen molar-refractivity contribution in [1.29, 1.82) is 5.41 Å². The van der Waals surface area contributed by atoms with E-state index in [1.165, 1.54) is 18.5 Å². The lowest BCUT2D eigenvalue weighted by molar-refractivity contribution is -0.134. The Morgan fingerprint density at radius 3 is 2.49 bits per heavy atom. The van der Waals surface area contributed by atoms with Crippen LogP contribution in [0.3, 0.4) is 0 Å². The maximum atomic E-state index is 15.5. The number of halogens is 2. The summed E-state index contributed by atoms with van der Waals surface area (Å²) in [5, 5.41) is 22.4. The maximum absolute atomic E-state index is 15.5. The minimum absolute atomic E-state index is 0.0428. The summed E-state index contributed by atoms with van der Waals surface area (Å²) in [6.07, 6.45) is 2.92. The van der Waals surface area contributed by atoms with Crippen LogP contribution in [0.15, 0.2) is 59.7 Å². The fourth-order valence-electron chi connectivity index (χ4n) is 3.44. The molecule has 0 radical (unpaired) electrons. The largest absolute Gasteiger partial charge is 0.488 e. The Morgan fingerprint density at radius 1 is 1.26 bits per heavy atom. The van der Waals surface area contributed by atoms with Gasteiger partial charge in [0.15, 0.2) is 17.4 Å². The summed E-state index contributed by atoms with van der Waals surface area (Å²) in [6, 6.07) is 10.2. The molecule has 6 N–H and O–H groups in total. The van der Waals surface area contributed by atoms with Gasteiger partial charge in [-0.1, -0.05) is 6.07 Å². The average Bonchev–Trinajstić information content (AvgIpc) is 3.29. The standard InChI is InChI=1S/C23H22F2N8O2.C2H4O2/c1-13-11-16(18(25)17(12-13)35-10-7-24)19(30-15-5-3-14(4-6-15)20(26)27)21-31-23(34)33(32-21)22-28-8-2-9-29-22;1-2(3)4/h2-6,8-9,11-12,19,30H,7,10H2,1H3,(H3,26,27)(H,31,32,34);1H3,(H,3,4). The Morgan fingerprint density at radius 2 is 1.90 bits per heavy atom. The molecule has 2 heterocycles. The van der Waals surface area contributed by atoms with Crippen molar-refractivity contribution in [3.8, 4) is 11.7 Å². The number of benzene rings is 2. The van der Waals surface area contributed by atoms with Crippen molar-refractivity contribution in [2.45, 2.75) is 19.9 Å². The van der Waals surface area contributed by atoms with Crippen molar-refractivity contribution in [3.05, 3.63) is 93.7 Å². The molecule has 0 aliphatic carbocycles. The van der Waals surface area contributed by atoms with Gasteiger partial charge in [-0.05, 0) is 48.9 Å². The van der Waals surface area contributed by atoms with E-state index in [1.807, 2.05) is 0 Å². The van der Waals surface area contributed by atoms with Gasteiger partial charge in [0.2, 0.25) is 0 Å². The first kappa shape index (κ1) is 28.4. The Balaban J connectivity index is 0.000000983. The monoisotopic (exact) mass is 540 g/mol. The molecule has 0 aliphatic rings. The maximum Gasteiger partial charge on any atom is 0.350 e. The van der Waals surface area contributed by atoms with Crippen LogP contribution in [0.2, 0.25) is 0 Å². The summed E-state index contributed by atoms with van der Waals surface area (Å²) in [6.45, 7) is 1.74. The number of hydrogen-bond donors (Lipinski definition) is 5. The number of nitrogen functional groups attached to an aromatic ring is 1. The van der Waals surface area contributed by atoms with Gasteiger partial charge in [0.05, 0.1) is 0 Å². The van der Waals surface area contributed by atoms with E-state index in [2.05, 4.69) is 25.4 Å². The predicted octanol–water partition coefficient (Wildman–Crippen LogP) is 2.72. The highest BCUT2D eigenvalue weighted by Gasteiger charge is 2.26. The minimum atomic E-state index is -0.983. The Hall–Kier alpha value is -5.14. The van der Waals surface area contributed by atoms with Crippen LogP contribution < -0.4 is 21.5 Å². The number of H-pyrrole nitrogens is 1. The second kappa shape index (κ2) is 12.9. The summed E-state index contributed by atoms with van der Waals surface area (Å²) in [4.78, 5) is 32.3. The Kier molecular flexibility index (Phi) is 9.40.